The van der Waals surface area contributed by atoms with Crippen molar-refractivity contribution in [2.45, 2.75) is 0 Å². The molecule has 0 atom stereocenters. The number of carbonyl (C=O) groups is 5. The Morgan fingerprint density at radius 1 is 0.706 bits per heavy atom. The molecule has 1 N–H and O–H groups in total. The van der Waals surface area contributed by atoms with Gasteiger partial charge >= 0.3 is 0 Å². The predicted molar refractivity (Wildman–Crippen MR) is 115 cm³/mol. The van der Waals surface area contributed by atoms with Crippen LogP contribution in [-0.2, 0) is 0 Å². The van der Waals surface area contributed by atoms with Gasteiger partial charge in [0.2, 0.25) is 0 Å². The SMILES string of the molecule is O=C(Nc1cccc([N+](=O)[O-])c1)c1ccc2c(c1)C(=O)N(N1C(=O)c3ccccc3C1=O)C2=O. The normalized spacial score (nSPS) is 14.4. The molecule has 3 aromatic carbocycles. The van der Waals surface area contributed by atoms with Crippen LogP contribution in [0.4, 0.5) is 11.4 Å². The van der Waals surface area contributed by atoms with E-state index in [2.05, 4.69) is 5.32 Å². The number of nitrogens with one attached hydrogen (secondary N) is 1. The second kappa shape index (κ2) is 7.45. The number of imide groups is 2. The maximum Gasteiger partial charge on any atom is 0.281 e. The lowest BCUT2D eigenvalue weighted by Gasteiger charge is -2.23. The van der Waals surface area contributed by atoms with Crippen LogP contribution in [0.5, 0.6) is 0 Å². The van der Waals surface area contributed by atoms with Crippen LogP contribution >= 0.6 is 0 Å². The summed E-state index contributed by atoms with van der Waals surface area (Å²) < 4.78 is 0. The number of rotatable bonds is 4. The number of fused-ring (bicyclic) bond motifs is 2. The number of nitro groups is 1. The van der Waals surface area contributed by atoms with Crippen molar-refractivity contribution in [3.05, 3.63) is 105 Å². The van der Waals surface area contributed by atoms with Gasteiger partial charge in [-0.2, -0.15) is 10.0 Å². The lowest BCUT2D eigenvalue weighted by Crippen LogP contribution is -2.49. The summed E-state index contributed by atoms with van der Waals surface area (Å²) in [7, 11) is 0. The molecule has 0 saturated carbocycles. The molecule has 0 saturated heterocycles. The van der Waals surface area contributed by atoms with Gasteiger partial charge < -0.3 is 5.32 Å². The van der Waals surface area contributed by atoms with Crippen LogP contribution < -0.4 is 5.32 Å². The molecule has 0 radical (unpaired) electrons. The van der Waals surface area contributed by atoms with Crippen LogP contribution in [0.2, 0.25) is 0 Å². The minimum atomic E-state index is -0.931. The largest absolute Gasteiger partial charge is 0.322 e. The number of nitrogens with zero attached hydrogens (tertiary/aromatic N) is 3. The maximum atomic E-state index is 13.0. The molecule has 0 aromatic heterocycles. The first kappa shape index (κ1) is 20.7. The molecule has 166 valence electrons. The highest BCUT2D eigenvalue weighted by Crippen LogP contribution is 2.31. The molecule has 0 aliphatic carbocycles. The van der Waals surface area contributed by atoms with Crippen molar-refractivity contribution < 1.29 is 28.9 Å². The van der Waals surface area contributed by atoms with Crippen molar-refractivity contribution in [2.75, 3.05) is 5.32 Å². The van der Waals surface area contributed by atoms with Gasteiger partial charge in [0.15, 0.2) is 0 Å². The van der Waals surface area contributed by atoms with Crippen molar-refractivity contribution in [2.24, 2.45) is 0 Å². The van der Waals surface area contributed by atoms with Crippen LogP contribution in [0.3, 0.4) is 0 Å². The monoisotopic (exact) mass is 456 g/mol. The van der Waals surface area contributed by atoms with Gasteiger partial charge in [-0.1, -0.05) is 18.2 Å². The van der Waals surface area contributed by atoms with Gasteiger partial charge in [0.1, 0.15) is 0 Å². The van der Waals surface area contributed by atoms with Gasteiger partial charge in [0, 0.05) is 23.4 Å². The topological polar surface area (TPSA) is 147 Å². The number of non-ortho nitro benzene ring substituents is 1. The summed E-state index contributed by atoms with van der Waals surface area (Å²) in [6.45, 7) is 0. The molecule has 11 heteroatoms. The highest BCUT2D eigenvalue weighted by atomic mass is 16.6. The standard InChI is InChI=1S/C23H12N4O7/c28-19(24-13-4-3-5-14(11-13)27(33)34)12-8-9-17-18(10-12)23(32)26(22(17)31)25-20(29)15-6-1-2-7-16(15)21(25)30/h1-11H,(H,24,28). The molecule has 5 rings (SSSR count). The lowest BCUT2D eigenvalue weighted by molar-refractivity contribution is -0.384. The third-order valence-electron chi connectivity index (χ3n) is 5.41. The van der Waals surface area contributed by atoms with Crippen LogP contribution in [0.25, 0.3) is 0 Å². The fourth-order valence-corrected chi connectivity index (χ4v) is 3.81. The van der Waals surface area contributed by atoms with E-state index >= 15 is 0 Å². The second-order valence-electron chi connectivity index (χ2n) is 7.41. The zero-order valence-corrected chi connectivity index (χ0v) is 17.1. The van der Waals surface area contributed by atoms with E-state index in [1.54, 1.807) is 12.1 Å². The number of anilines is 1. The quantitative estimate of drug-likeness (QED) is 0.361. The third kappa shape index (κ3) is 3.03. The van der Waals surface area contributed by atoms with Crippen molar-refractivity contribution in [1.29, 1.82) is 0 Å². The first-order valence-electron chi connectivity index (χ1n) is 9.84. The van der Waals surface area contributed by atoms with E-state index in [0.29, 0.717) is 10.0 Å². The summed E-state index contributed by atoms with van der Waals surface area (Å²) in [5.74, 6) is -4.10. The fraction of sp³-hybridized carbons (Fsp3) is 0. The van der Waals surface area contributed by atoms with Crippen LogP contribution in [0.15, 0.2) is 66.7 Å². The first-order chi connectivity index (χ1) is 16.3. The van der Waals surface area contributed by atoms with E-state index < -0.39 is 34.5 Å². The number of hydrogen-bond acceptors (Lipinski definition) is 7. The number of carbonyl (C=O) groups excluding carboxylic acids is 5. The minimum Gasteiger partial charge on any atom is -0.322 e. The van der Waals surface area contributed by atoms with Crippen molar-refractivity contribution in [3.63, 3.8) is 0 Å². The molecular formula is C23H12N4O7. The Hall–Kier alpha value is -5.19. The Morgan fingerprint density at radius 3 is 1.85 bits per heavy atom. The molecule has 0 fully saturated rings. The van der Waals surface area contributed by atoms with E-state index in [1.807, 2.05) is 0 Å². The highest BCUT2D eigenvalue weighted by molar-refractivity contribution is 6.28. The molecule has 0 spiro atoms. The van der Waals surface area contributed by atoms with Crippen molar-refractivity contribution in [1.82, 2.24) is 10.0 Å². The number of nitro benzene ring substituents is 1. The van der Waals surface area contributed by atoms with E-state index in [0.717, 1.165) is 0 Å². The second-order valence-corrected chi connectivity index (χ2v) is 7.41. The number of benzene rings is 3. The Kier molecular flexibility index (Phi) is 4.53. The van der Waals surface area contributed by atoms with Crippen LogP contribution in [0.1, 0.15) is 51.8 Å². The molecule has 5 amide bonds. The molecular weight excluding hydrogens is 444 g/mol. The van der Waals surface area contributed by atoms with Crippen LogP contribution in [-0.4, -0.2) is 44.5 Å². The maximum absolute atomic E-state index is 13.0. The average Bonchev–Trinajstić information content (AvgIpc) is 3.23. The van der Waals surface area contributed by atoms with Gasteiger partial charge in [-0.05, 0) is 36.4 Å². The summed E-state index contributed by atoms with van der Waals surface area (Å²) in [6.07, 6.45) is 0. The predicted octanol–water partition coefficient (Wildman–Crippen LogP) is 2.65. The van der Waals surface area contributed by atoms with Gasteiger partial charge in [0.05, 0.1) is 27.2 Å². The summed E-state index contributed by atoms with van der Waals surface area (Å²) in [5, 5.41) is 14.4. The van der Waals surface area contributed by atoms with Crippen molar-refractivity contribution >= 4 is 40.9 Å². The first-order valence-corrected chi connectivity index (χ1v) is 9.84. The minimum absolute atomic E-state index is 0.00406. The Labute approximate surface area is 190 Å². The molecule has 2 heterocycles. The fourth-order valence-electron chi connectivity index (χ4n) is 3.81. The Balaban J connectivity index is 1.43. The van der Waals surface area contributed by atoms with E-state index in [-0.39, 0.29) is 39.2 Å². The van der Waals surface area contributed by atoms with E-state index in [9.17, 15) is 34.1 Å². The van der Waals surface area contributed by atoms with Gasteiger partial charge in [-0.25, -0.2) is 0 Å². The molecule has 3 aromatic rings. The summed E-state index contributed by atoms with van der Waals surface area (Å²) in [4.78, 5) is 74.4. The molecule has 2 aliphatic heterocycles. The average molecular weight is 456 g/mol. The van der Waals surface area contributed by atoms with E-state index in [1.165, 1.54) is 54.6 Å². The highest BCUT2D eigenvalue weighted by Gasteiger charge is 2.48. The van der Waals surface area contributed by atoms with Gasteiger partial charge in [-0.15, -0.1) is 0 Å². The van der Waals surface area contributed by atoms with Crippen LogP contribution in [0, 0.1) is 10.1 Å². The molecule has 11 nitrogen and oxygen atoms in total. The smallest absolute Gasteiger partial charge is 0.281 e. The van der Waals surface area contributed by atoms with Crippen molar-refractivity contribution in [3.8, 4) is 0 Å². The number of hydrogen-bond donors (Lipinski definition) is 1. The third-order valence-corrected chi connectivity index (χ3v) is 5.41. The van der Waals surface area contributed by atoms with E-state index in [4.69, 9.17) is 0 Å². The molecule has 0 unspecified atom stereocenters. The summed E-state index contributed by atoms with van der Waals surface area (Å²) >= 11 is 0. The van der Waals surface area contributed by atoms with Gasteiger partial charge in [0.25, 0.3) is 35.2 Å². The molecule has 0 bridgehead atoms. The molecule has 2 aliphatic rings. The van der Waals surface area contributed by atoms with Gasteiger partial charge in [-0.3, -0.25) is 34.1 Å². The summed E-state index contributed by atoms with van der Waals surface area (Å²) in [6, 6.07) is 15.0. The Morgan fingerprint density at radius 2 is 1.26 bits per heavy atom. The zero-order chi connectivity index (χ0) is 24.1. The number of amides is 5. The number of hydrazine groups is 1. The molecule has 34 heavy (non-hydrogen) atoms. The zero-order valence-electron chi connectivity index (χ0n) is 17.1. The Bertz CT molecular complexity index is 1440. The lowest BCUT2D eigenvalue weighted by atomic mass is 10.1. The summed E-state index contributed by atoms with van der Waals surface area (Å²) in [5.41, 5.74) is -0.154.